The summed E-state index contributed by atoms with van der Waals surface area (Å²) in [6.45, 7) is 6.45. The monoisotopic (exact) mass is 233 g/mol. The van der Waals surface area contributed by atoms with Gasteiger partial charge in [-0.05, 0) is 43.4 Å². The van der Waals surface area contributed by atoms with Gasteiger partial charge in [-0.2, -0.15) is 0 Å². The predicted octanol–water partition coefficient (Wildman–Crippen LogP) is 3.37. The molecule has 1 heterocycles. The van der Waals surface area contributed by atoms with Crippen LogP contribution < -0.4 is 4.90 Å². The van der Waals surface area contributed by atoms with Crippen LogP contribution in [0.25, 0.3) is 0 Å². The van der Waals surface area contributed by atoms with Crippen LogP contribution in [0.3, 0.4) is 0 Å². The molecule has 1 aliphatic heterocycles. The van der Waals surface area contributed by atoms with Crippen LogP contribution in [0.4, 0.5) is 5.69 Å². The van der Waals surface area contributed by atoms with E-state index in [9.17, 15) is 5.11 Å². The largest absolute Gasteiger partial charge is 0.389 e. The molecular weight excluding hydrogens is 210 g/mol. The van der Waals surface area contributed by atoms with Gasteiger partial charge in [0.2, 0.25) is 0 Å². The third kappa shape index (κ3) is 3.01. The van der Waals surface area contributed by atoms with Crippen LogP contribution in [0, 0.1) is 5.92 Å². The molecule has 1 N–H and O–H groups in total. The summed E-state index contributed by atoms with van der Waals surface area (Å²) in [5, 5.41) is 9.48. The molecule has 1 unspecified atom stereocenters. The lowest BCUT2D eigenvalue weighted by Gasteiger charge is -2.19. The van der Waals surface area contributed by atoms with Crippen LogP contribution in [0.5, 0.6) is 0 Å². The second-order valence-corrected chi connectivity index (χ2v) is 5.16. The highest BCUT2D eigenvalue weighted by molar-refractivity contribution is 5.48. The zero-order chi connectivity index (χ0) is 12.3. The molecule has 2 heteroatoms. The molecule has 2 nitrogen and oxygen atoms in total. The SMILES string of the molecule is CCCC1CCN(c2ccc([C@H](C)O)cc2)C1. The molecule has 17 heavy (non-hydrogen) atoms. The molecule has 1 fully saturated rings. The van der Waals surface area contributed by atoms with Gasteiger partial charge in [-0.3, -0.25) is 0 Å². The van der Waals surface area contributed by atoms with E-state index in [-0.39, 0.29) is 6.10 Å². The molecule has 0 bridgehead atoms. The number of aliphatic hydroxyl groups excluding tert-OH is 1. The van der Waals surface area contributed by atoms with Gasteiger partial charge in [0, 0.05) is 18.8 Å². The van der Waals surface area contributed by atoms with E-state index in [0.29, 0.717) is 0 Å². The third-order valence-electron chi connectivity index (χ3n) is 3.72. The van der Waals surface area contributed by atoms with Crippen LogP contribution in [-0.2, 0) is 0 Å². The molecular formula is C15H23NO. The van der Waals surface area contributed by atoms with Crippen LogP contribution in [-0.4, -0.2) is 18.2 Å². The van der Waals surface area contributed by atoms with Crippen molar-refractivity contribution < 1.29 is 5.11 Å². The summed E-state index contributed by atoms with van der Waals surface area (Å²) in [5.74, 6) is 0.872. The minimum absolute atomic E-state index is 0.365. The van der Waals surface area contributed by atoms with Crippen molar-refractivity contribution in [2.75, 3.05) is 18.0 Å². The molecule has 2 atom stereocenters. The van der Waals surface area contributed by atoms with Crippen molar-refractivity contribution in [3.63, 3.8) is 0 Å². The van der Waals surface area contributed by atoms with Crippen molar-refractivity contribution in [1.29, 1.82) is 0 Å². The number of nitrogens with zero attached hydrogens (tertiary/aromatic N) is 1. The van der Waals surface area contributed by atoms with Gasteiger partial charge in [0.25, 0.3) is 0 Å². The first-order valence-electron chi connectivity index (χ1n) is 6.73. The minimum atomic E-state index is -0.365. The lowest BCUT2D eigenvalue weighted by atomic mass is 10.0. The molecule has 0 saturated carbocycles. The van der Waals surface area contributed by atoms with E-state index in [0.717, 1.165) is 11.5 Å². The highest BCUT2D eigenvalue weighted by Crippen LogP contribution is 2.27. The Balaban J connectivity index is 1.99. The number of aliphatic hydroxyl groups is 1. The van der Waals surface area contributed by atoms with Crippen LogP contribution >= 0.6 is 0 Å². The molecule has 0 amide bonds. The molecule has 1 saturated heterocycles. The Morgan fingerprint density at radius 3 is 2.65 bits per heavy atom. The van der Waals surface area contributed by atoms with Gasteiger partial charge in [0.05, 0.1) is 6.10 Å². The van der Waals surface area contributed by atoms with Gasteiger partial charge in [-0.15, -0.1) is 0 Å². The molecule has 1 aromatic carbocycles. The smallest absolute Gasteiger partial charge is 0.0761 e. The maximum atomic E-state index is 9.48. The van der Waals surface area contributed by atoms with E-state index in [1.165, 1.54) is 38.0 Å². The van der Waals surface area contributed by atoms with Gasteiger partial charge in [0.1, 0.15) is 0 Å². The highest BCUT2D eigenvalue weighted by atomic mass is 16.3. The molecule has 0 aromatic heterocycles. The number of benzene rings is 1. The standard InChI is InChI=1S/C15H23NO/c1-3-4-13-9-10-16(11-13)15-7-5-14(6-8-15)12(2)17/h5-8,12-13,17H,3-4,9-11H2,1-2H3/t12-,13?/m0/s1. The first kappa shape index (κ1) is 12.4. The summed E-state index contributed by atoms with van der Waals surface area (Å²) in [6.07, 6.45) is 3.60. The highest BCUT2D eigenvalue weighted by Gasteiger charge is 2.21. The fraction of sp³-hybridized carbons (Fsp3) is 0.600. The van der Waals surface area contributed by atoms with E-state index in [4.69, 9.17) is 0 Å². The Morgan fingerprint density at radius 1 is 1.35 bits per heavy atom. The Bertz CT molecular complexity index is 344. The van der Waals surface area contributed by atoms with E-state index in [1.807, 2.05) is 19.1 Å². The summed E-state index contributed by atoms with van der Waals surface area (Å²) in [4.78, 5) is 2.46. The molecule has 0 spiro atoms. The van der Waals surface area contributed by atoms with Crippen molar-refractivity contribution >= 4 is 5.69 Å². The second kappa shape index (κ2) is 5.54. The van der Waals surface area contributed by atoms with Gasteiger partial charge in [-0.1, -0.05) is 25.5 Å². The summed E-state index contributed by atoms with van der Waals surface area (Å²) in [7, 11) is 0. The van der Waals surface area contributed by atoms with Gasteiger partial charge >= 0.3 is 0 Å². The molecule has 94 valence electrons. The van der Waals surface area contributed by atoms with E-state index >= 15 is 0 Å². The lowest BCUT2D eigenvalue weighted by Crippen LogP contribution is -2.19. The molecule has 0 aliphatic carbocycles. The van der Waals surface area contributed by atoms with E-state index in [1.54, 1.807) is 0 Å². The average Bonchev–Trinajstić information content (AvgIpc) is 2.78. The van der Waals surface area contributed by atoms with E-state index in [2.05, 4.69) is 24.0 Å². The second-order valence-electron chi connectivity index (χ2n) is 5.16. The maximum absolute atomic E-state index is 9.48. The quantitative estimate of drug-likeness (QED) is 0.862. The third-order valence-corrected chi connectivity index (χ3v) is 3.72. The van der Waals surface area contributed by atoms with Crippen molar-refractivity contribution in [1.82, 2.24) is 0 Å². The number of anilines is 1. The molecule has 2 rings (SSSR count). The molecule has 1 aromatic rings. The number of hydrogen-bond donors (Lipinski definition) is 1. The maximum Gasteiger partial charge on any atom is 0.0761 e. The van der Waals surface area contributed by atoms with Crippen LogP contribution in [0.15, 0.2) is 24.3 Å². The first-order chi connectivity index (χ1) is 8.20. The molecule has 1 aliphatic rings. The topological polar surface area (TPSA) is 23.5 Å². The Kier molecular flexibility index (Phi) is 4.06. The van der Waals surface area contributed by atoms with Crippen molar-refractivity contribution in [2.24, 2.45) is 5.92 Å². The van der Waals surface area contributed by atoms with Crippen molar-refractivity contribution in [3.05, 3.63) is 29.8 Å². The summed E-state index contributed by atoms with van der Waals surface area (Å²) >= 11 is 0. The normalized spacial score (nSPS) is 21.8. The van der Waals surface area contributed by atoms with Crippen molar-refractivity contribution in [3.8, 4) is 0 Å². The minimum Gasteiger partial charge on any atom is -0.389 e. The van der Waals surface area contributed by atoms with Crippen LogP contribution in [0.1, 0.15) is 44.8 Å². The van der Waals surface area contributed by atoms with E-state index < -0.39 is 0 Å². The fourth-order valence-electron chi connectivity index (χ4n) is 2.67. The van der Waals surface area contributed by atoms with Gasteiger partial charge in [0.15, 0.2) is 0 Å². The Labute approximate surface area is 104 Å². The summed E-state index contributed by atoms with van der Waals surface area (Å²) in [6, 6.07) is 8.34. The summed E-state index contributed by atoms with van der Waals surface area (Å²) in [5.41, 5.74) is 2.30. The number of rotatable bonds is 4. The Morgan fingerprint density at radius 2 is 2.06 bits per heavy atom. The lowest BCUT2D eigenvalue weighted by molar-refractivity contribution is 0.199. The van der Waals surface area contributed by atoms with Gasteiger partial charge < -0.3 is 10.0 Å². The zero-order valence-electron chi connectivity index (χ0n) is 10.9. The van der Waals surface area contributed by atoms with Crippen molar-refractivity contribution in [2.45, 2.75) is 39.2 Å². The summed E-state index contributed by atoms with van der Waals surface area (Å²) < 4.78 is 0. The Hall–Kier alpha value is -1.02. The zero-order valence-corrected chi connectivity index (χ0v) is 10.9. The van der Waals surface area contributed by atoms with Gasteiger partial charge in [-0.25, -0.2) is 0 Å². The number of hydrogen-bond acceptors (Lipinski definition) is 2. The average molecular weight is 233 g/mol. The fourth-order valence-corrected chi connectivity index (χ4v) is 2.67. The molecule has 0 radical (unpaired) electrons. The van der Waals surface area contributed by atoms with Crippen LogP contribution in [0.2, 0.25) is 0 Å². The first-order valence-corrected chi connectivity index (χ1v) is 6.73. The predicted molar refractivity (Wildman–Crippen MR) is 72.3 cm³/mol.